The highest BCUT2D eigenvalue weighted by molar-refractivity contribution is 5.96. The molecule has 1 aromatic carbocycles. The van der Waals surface area contributed by atoms with Gasteiger partial charge in [-0.1, -0.05) is 6.07 Å². The number of nitrogens with two attached hydrogens (primary N) is 1. The summed E-state index contributed by atoms with van der Waals surface area (Å²) in [7, 11) is 0. The van der Waals surface area contributed by atoms with Crippen LogP contribution in [0.2, 0.25) is 0 Å². The van der Waals surface area contributed by atoms with E-state index in [0.717, 1.165) is 18.7 Å². The van der Waals surface area contributed by atoms with Crippen molar-refractivity contribution in [1.82, 2.24) is 4.90 Å². The summed E-state index contributed by atoms with van der Waals surface area (Å²) in [6.07, 6.45) is 0. The molecule has 3 N–H and O–H groups in total. The summed E-state index contributed by atoms with van der Waals surface area (Å²) in [6, 6.07) is 4.44. The number of morpholine rings is 1. The second-order valence-corrected chi connectivity index (χ2v) is 5.53. The molecule has 1 aliphatic rings. The zero-order valence-corrected chi connectivity index (χ0v) is 11.4. The topological polar surface area (TPSA) is 62.3 Å². The smallest absolute Gasteiger partial charge is 0.123 e. The van der Waals surface area contributed by atoms with Crippen LogP contribution in [0.5, 0.6) is 0 Å². The maximum absolute atomic E-state index is 13.2. The van der Waals surface area contributed by atoms with E-state index >= 15 is 0 Å². The first-order valence-corrected chi connectivity index (χ1v) is 6.36. The quantitative estimate of drug-likeness (QED) is 0.646. The maximum Gasteiger partial charge on any atom is 0.123 e. The molecule has 0 radical (unpaired) electrons. The van der Waals surface area contributed by atoms with E-state index in [1.54, 1.807) is 6.07 Å². The number of hydrogen-bond acceptors (Lipinski definition) is 3. The molecule has 1 aromatic rings. The molecule has 0 saturated carbocycles. The Labute approximate surface area is 112 Å². The SMILES string of the molecule is CC1(C)CN(Cc2ccc(F)cc2C(=N)N)CCO1. The monoisotopic (exact) mass is 265 g/mol. The fourth-order valence-electron chi connectivity index (χ4n) is 2.43. The summed E-state index contributed by atoms with van der Waals surface area (Å²) in [4.78, 5) is 2.24. The number of rotatable bonds is 3. The van der Waals surface area contributed by atoms with E-state index in [2.05, 4.69) is 18.7 Å². The first-order chi connectivity index (χ1) is 8.87. The highest BCUT2D eigenvalue weighted by Gasteiger charge is 2.27. The average Bonchev–Trinajstić information content (AvgIpc) is 2.30. The Morgan fingerprint density at radius 2 is 2.26 bits per heavy atom. The Morgan fingerprint density at radius 3 is 2.89 bits per heavy atom. The summed E-state index contributed by atoms with van der Waals surface area (Å²) < 4.78 is 18.9. The fourth-order valence-corrected chi connectivity index (χ4v) is 2.43. The van der Waals surface area contributed by atoms with Crippen molar-refractivity contribution in [2.45, 2.75) is 26.0 Å². The van der Waals surface area contributed by atoms with Crippen LogP contribution in [0.4, 0.5) is 4.39 Å². The Morgan fingerprint density at radius 1 is 1.53 bits per heavy atom. The number of nitrogens with one attached hydrogen (secondary N) is 1. The first kappa shape index (κ1) is 14.0. The Kier molecular flexibility index (Phi) is 3.87. The Balaban J connectivity index is 2.17. The van der Waals surface area contributed by atoms with Crippen LogP contribution in [-0.2, 0) is 11.3 Å². The van der Waals surface area contributed by atoms with Crippen LogP contribution < -0.4 is 5.73 Å². The van der Waals surface area contributed by atoms with Crippen molar-refractivity contribution in [2.24, 2.45) is 5.73 Å². The average molecular weight is 265 g/mol. The van der Waals surface area contributed by atoms with Crippen LogP contribution in [0.1, 0.15) is 25.0 Å². The fraction of sp³-hybridized carbons (Fsp3) is 0.500. The van der Waals surface area contributed by atoms with Crippen molar-refractivity contribution in [3.8, 4) is 0 Å². The van der Waals surface area contributed by atoms with Crippen molar-refractivity contribution in [1.29, 1.82) is 5.41 Å². The van der Waals surface area contributed by atoms with Gasteiger partial charge in [-0.15, -0.1) is 0 Å². The molecule has 1 fully saturated rings. The van der Waals surface area contributed by atoms with Gasteiger partial charge in [0.25, 0.3) is 0 Å². The van der Waals surface area contributed by atoms with Crippen LogP contribution in [0.15, 0.2) is 18.2 Å². The molecule has 0 aromatic heterocycles. The predicted octanol–water partition coefficient (Wildman–Crippen LogP) is 1.72. The van der Waals surface area contributed by atoms with E-state index in [9.17, 15) is 4.39 Å². The molecule has 2 rings (SSSR count). The largest absolute Gasteiger partial charge is 0.384 e. The standard InChI is InChI=1S/C14H20FN3O/c1-14(2)9-18(5-6-19-14)8-10-3-4-11(15)7-12(10)13(16)17/h3-4,7H,5-6,8-9H2,1-2H3,(H3,16,17). The second-order valence-electron chi connectivity index (χ2n) is 5.53. The molecule has 0 bridgehead atoms. The summed E-state index contributed by atoms with van der Waals surface area (Å²) in [5, 5.41) is 7.54. The lowest BCUT2D eigenvalue weighted by molar-refractivity contribution is -0.0882. The maximum atomic E-state index is 13.2. The van der Waals surface area contributed by atoms with E-state index < -0.39 is 0 Å². The summed E-state index contributed by atoms with van der Waals surface area (Å²) in [5.41, 5.74) is 6.70. The number of nitrogen functional groups attached to an aromatic ring is 1. The van der Waals surface area contributed by atoms with E-state index in [1.807, 2.05) is 0 Å². The molecule has 0 atom stereocenters. The van der Waals surface area contributed by atoms with Crippen LogP contribution in [0, 0.1) is 11.2 Å². The molecule has 19 heavy (non-hydrogen) atoms. The number of nitrogens with zero attached hydrogens (tertiary/aromatic N) is 1. The van der Waals surface area contributed by atoms with Gasteiger partial charge in [-0.3, -0.25) is 10.3 Å². The van der Waals surface area contributed by atoms with E-state index in [4.69, 9.17) is 15.9 Å². The predicted molar refractivity (Wildman–Crippen MR) is 72.7 cm³/mol. The van der Waals surface area contributed by atoms with Gasteiger partial charge in [0.05, 0.1) is 12.2 Å². The van der Waals surface area contributed by atoms with Crippen LogP contribution in [0.25, 0.3) is 0 Å². The summed E-state index contributed by atoms with van der Waals surface area (Å²) in [5.74, 6) is -0.460. The molecular formula is C14H20FN3O. The second kappa shape index (κ2) is 5.27. The third-order valence-corrected chi connectivity index (χ3v) is 3.26. The van der Waals surface area contributed by atoms with Gasteiger partial charge in [-0.25, -0.2) is 4.39 Å². The lowest BCUT2D eigenvalue weighted by Crippen LogP contribution is -2.47. The first-order valence-electron chi connectivity index (χ1n) is 6.36. The number of benzene rings is 1. The highest BCUT2D eigenvalue weighted by Crippen LogP contribution is 2.20. The molecular weight excluding hydrogens is 245 g/mol. The lowest BCUT2D eigenvalue weighted by atomic mass is 10.0. The van der Waals surface area contributed by atoms with Gasteiger partial charge in [0.1, 0.15) is 11.7 Å². The zero-order valence-electron chi connectivity index (χ0n) is 11.4. The van der Waals surface area contributed by atoms with Crippen LogP contribution >= 0.6 is 0 Å². The zero-order chi connectivity index (χ0) is 14.0. The molecule has 5 heteroatoms. The van der Waals surface area contributed by atoms with Gasteiger partial charge in [0, 0.05) is 25.2 Å². The van der Waals surface area contributed by atoms with Crippen LogP contribution in [-0.4, -0.2) is 36.0 Å². The van der Waals surface area contributed by atoms with Crippen molar-refractivity contribution in [3.63, 3.8) is 0 Å². The van der Waals surface area contributed by atoms with E-state index in [-0.39, 0.29) is 17.3 Å². The number of halogens is 1. The minimum Gasteiger partial charge on any atom is -0.384 e. The van der Waals surface area contributed by atoms with Gasteiger partial charge < -0.3 is 10.5 Å². The van der Waals surface area contributed by atoms with Gasteiger partial charge in [0.2, 0.25) is 0 Å². The van der Waals surface area contributed by atoms with Crippen LogP contribution in [0.3, 0.4) is 0 Å². The van der Waals surface area contributed by atoms with Crippen molar-refractivity contribution < 1.29 is 9.13 Å². The Hall–Kier alpha value is -1.46. The molecule has 1 saturated heterocycles. The van der Waals surface area contributed by atoms with Gasteiger partial charge in [-0.2, -0.15) is 0 Å². The number of hydrogen-bond donors (Lipinski definition) is 2. The lowest BCUT2D eigenvalue weighted by Gasteiger charge is -2.38. The summed E-state index contributed by atoms with van der Waals surface area (Å²) in [6.45, 7) is 7.08. The van der Waals surface area contributed by atoms with Crippen molar-refractivity contribution >= 4 is 5.84 Å². The minimum atomic E-state index is -0.365. The van der Waals surface area contributed by atoms with E-state index in [0.29, 0.717) is 18.7 Å². The van der Waals surface area contributed by atoms with Gasteiger partial charge in [-0.05, 0) is 31.5 Å². The molecule has 1 aliphatic heterocycles. The Bertz CT molecular complexity index is 488. The molecule has 1 heterocycles. The van der Waals surface area contributed by atoms with Crippen molar-refractivity contribution in [2.75, 3.05) is 19.7 Å². The molecule has 0 amide bonds. The minimum absolute atomic E-state index is 0.0954. The molecule has 4 nitrogen and oxygen atoms in total. The molecule has 0 spiro atoms. The normalized spacial score (nSPS) is 19.3. The van der Waals surface area contributed by atoms with Gasteiger partial charge in [0.15, 0.2) is 0 Å². The van der Waals surface area contributed by atoms with Gasteiger partial charge >= 0.3 is 0 Å². The number of amidine groups is 1. The third-order valence-electron chi connectivity index (χ3n) is 3.26. The molecule has 0 aliphatic carbocycles. The highest BCUT2D eigenvalue weighted by atomic mass is 19.1. The van der Waals surface area contributed by atoms with Crippen molar-refractivity contribution in [3.05, 3.63) is 35.1 Å². The number of ether oxygens (including phenoxy) is 1. The summed E-state index contributed by atoms with van der Waals surface area (Å²) >= 11 is 0. The van der Waals surface area contributed by atoms with E-state index in [1.165, 1.54) is 12.1 Å². The molecule has 104 valence electrons. The third kappa shape index (κ3) is 3.52. The molecule has 0 unspecified atom stereocenters.